The molecule has 22 heavy (non-hydrogen) atoms. The van der Waals surface area contributed by atoms with E-state index < -0.39 is 10.0 Å². The molecule has 124 valence electrons. The van der Waals surface area contributed by atoms with Crippen molar-refractivity contribution in [3.8, 4) is 5.75 Å². The van der Waals surface area contributed by atoms with Crippen molar-refractivity contribution in [1.82, 2.24) is 10.0 Å². The average Bonchev–Trinajstić information content (AvgIpc) is 2.50. The van der Waals surface area contributed by atoms with E-state index in [1.807, 2.05) is 6.92 Å². The fourth-order valence-electron chi connectivity index (χ4n) is 1.53. The van der Waals surface area contributed by atoms with E-state index in [9.17, 15) is 13.2 Å². The number of hydrogen-bond donors (Lipinski definition) is 3. The SMILES string of the molecule is CC[C@@H](C)NS(=O)(=O)c1ccc(OCC(=O)NCCO)cc1. The average molecular weight is 330 g/mol. The zero-order valence-corrected chi connectivity index (χ0v) is 13.5. The van der Waals surface area contributed by atoms with Crippen molar-refractivity contribution < 1.29 is 23.1 Å². The van der Waals surface area contributed by atoms with Crippen molar-refractivity contribution in [2.24, 2.45) is 0 Å². The number of nitrogens with one attached hydrogen (secondary N) is 2. The maximum atomic E-state index is 12.1. The molecule has 1 amide bonds. The summed E-state index contributed by atoms with van der Waals surface area (Å²) < 4.78 is 31.9. The van der Waals surface area contributed by atoms with Gasteiger partial charge in [0, 0.05) is 12.6 Å². The molecular formula is C14H22N2O5S. The Kier molecular flexibility index (Phi) is 7.30. The first kappa shape index (κ1) is 18.4. The molecule has 1 atom stereocenters. The van der Waals surface area contributed by atoms with Crippen LogP contribution in [0, 0.1) is 0 Å². The van der Waals surface area contributed by atoms with Gasteiger partial charge in [-0.1, -0.05) is 6.92 Å². The summed E-state index contributed by atoms with van der Waals surface area (Å²) in [5, 5.41) is 11.0. The molecule has 0 radical (unpaired) electrons. The van der Waals surface area contributed by atoms with Crippen LogP contribution in [0.15, 0.2) is 29.2 Å². The van der Waals surface area contributed by atoms with Gasteiger partial charge in [0.1, 0.15) is 5.75 Å². The van der Waals surface area contributed by atoms with Crippen LogP contribution >= 0.6 is 0 Å². The smallest absolute Gasteiger partial charge is 0.258 e. The molecule has 0 saturated carbocycles. The van der Waals surface area contributed by atoms with Crippen LogP contribution in [0.3, 0.4) is 0 Å². The number of benzene rings is 1. The second-order valence-electron chi connectivity index (χ2n) is 4.76. The van der Waals surface area contributed by atoms with Gasteiger partial charge in [0.2, 0.25) is 10.0 Å². The number of ether oxygens (including phenoxy) is 1. The fraction of sp³-hybridized carbons (Fsp3) is 0.500. The molecule has 7 nitrogen and oxygen atoms in total. The first-order valence-electron chi connectivity index (χ1n) is 7.01. The van der Waals surface area contributed by atoms with Gasteiger partial charge in [0.15, 0.2) is 6.61 Å². The van der Waals surface area contributed by atoms with E-state index in [1.165, 1.54) is 24.3 Å². The Morgan fingerprint density at radius 2 is 1.95 bits per heavy atom. The minimum Gasteiger partial charge on any atom is -0.484 e. The van der Waals surface area contributed by atoms with Crippen molar-refractivity contribution in [2.75, 3.05) is 19.8 Å². The highest BCUT2D eigenvalue weighted by atomic mass is 32.2. The molecule has 1 rings (SSSR count). The highest BCUT2D eigenvalue weighted by Crippen LogP contribution is 2.16. The van der Waals surface area contributed by atoms with Crippen molar-refractivity contribution >= 4 is 15.9 Å². The van der Waals surface area contributed by atoms with E-state index in [0.29, 0.717) is 12.2 Å². The highest BCUT2D eigenvalue weighted by Gasteiger charge is 2.16. The lowest BCUT2D eigenvalue weighted by Crippen LogP contribution is -2.32. The zero-order chi connectivity index (χ0) is 16.6. The first-order chi connectivity index (χ1) is 10.4. The maximum absolute atomic E-state index is 12.1. The third-order valence-electron chi connectivity index (χ3n) is 2.91. The summed E-state index contributed by atoms with van der Waals surface area (Å²) in [6.45, 7) is 3.52. The van der Waals surface area contributed by atoms with Gasteiger partial charge >= 0.3 is 0 Å². The maximum Gasteiger partial charge on any atom is 0.258 e. The molecule has 0 heterocycles. The molecule has 0 bridgehead atoms. The van der Waals surface area contributed by atoms with Crippen molar-refractivity contribution in [3.63, 3.8) is 0 Å². The molecule has 0 aliphatic carbocycles. The molecule has 0 unspecified atom stereocenters. The van der Waals surface area contributed by atoms with E-state index in [4.69, 9.17) is 9.84 Å². The number of hydrogen-bond acceptors (Lipinski definition) is 5. The Balaban J connectivity index is 2.61. The van der Waals surface area contributed by atoms with Gasteiger partial charge in [-0.05, 0) is 37.6 Å². The molecule has 1 aromatic carbocycles. The zero-order valence-electron chi connectivity index (χ0n) is 12.7. The minimum atomic E-state index is -3.54. The van der Waals surface area contributed by atoms with Crippen LogP contribution in [0.4, 0.5) is 0 Å². The third-order valence-corrected chi connectivity index (χ3v) is 4.51. The van der Waals surface area contributed by atoms with E-state index in [0.717, 1.165) is 0 Å². The lowest BCUT2D eigenvalue weighted by atomic mass is 10.3. The van der Waals surface area contributed by atoms with Gasteiger partial charge in [-0.2, -0.15) is 0 Å². The molecular weight excluding hydrogens is 308 g/mol. The number of carbonyl (C=O) groups is 1. The Bertz CT molecular complexity index is 571. The predicted molar refractivity (Wildman–Crippen MR) is 82.1 cm³/mol. The molecule has 8 heteroatoms. The first-order valence-corrected chi connectivity index (χ1v) is 8.50. The topological polar surface area (TPSA) is 105 Å². The molecule has 0 aliphatic heterocycles. The molecule has 0 aromatic heterocycles. The molecule has 0 aliphatic rings. The normalized spacial score (nSPS) is 12.7. The number of amides is 1. The van der Waals surface area contributed by atoms with E-state index in [2.05, 4.69) is 10.0 Å². The fourth-order valence-corrected chi connectivity index (χ4v) is 2.85. The van der Waals surface area contributed by atoms with E-state index in [-0.39, 0.29) is 36.6 Å². The van der Waals surface area contributed by atoms with Crippen molar-refractivity contribution in [3.05, 3.63) is 24.3 Å². The second-order valence-corrected chi connectivity index (χ2v) is 6.48. The number of rotatable bonds is 9. The standard InChI is InChI=1S/C14H22N2O5S/c1-3-11(2)16-22(19,20)13-6-4-12(5-7-13)21-10-14(18)15-8-9-17/h4-7,11,16-17H,3,8-10H2,1-2H3,(H,15,18)/t11-/m1/s1. The van der Waals surface area contributed by atoms with Crippen LogP contribution in [-0.2, 0) is 14.8 Å². The van der Waals surface area contributed by atoms with Gasteiger partial charge in [-0.25, -0.2) is 13.1 Å². The Hall–Kier alpha value is -1.64. The summed E-state index contributed by atoms with van der Waals surface area (Å²) in [6.07, 6.45) is 0.698. The second kappa shape index (κ2) is 8.72. The van der Waals surface area contributed by atoms with Crippen molar-refractivity contribution in [1.29, 1.82) is 0 Å². The lowest BCUT2D eigenvalue weighted by Gasteiger charge is -2.12. The number of sulfonamides is 1. The summed E-state index contributed by atoms with van der Waals surface area (Å²) in [6, 6.07) is 5.68. The highest BCUT2D eigenvalue weighted by molar-refractivity contribution is 7.89. The van der Waals surface area contributed by atoms with Crippen LogP contribution in [0.2, 0.25) is 0 Å². The van der Waals surface area contributed by atoms with E-state index >= 15 is 0 Å². The predicted octanol–water partition coefficient (Wildman–Crippen LogP) is 0.251. The molecule has 3 N–H and O–H groups in total. The largest absolute Gasteiger partial charge is 0.484 e. The summed E-state index contributed by atoms with van der Waals surface area (Å²) >= 11 is 0. The van der Waals surface area contributed by atoms with Crippen LogP contribution in [0.5, 0.6) is 5.75 Å². The lowest BCUT2D eigenvalue weighted by molar-refractivity contribution is -0.123. The summed E-state index contributed by atoms with van der Waals surface area (Å²) in [4.78, 5) is 11.4. The van der Waals surface area contributed by atoms with E-state index in [1.54, 1.807) is 6.92 Å². The Morgan fingerprint density at radius 3 is 2.50 bits per heavy atom. The minimum absolute atomic E-state index is 0.137. The van der Waals surface area contributed by atoms with Gasteiger partial charge in [-0.15, -0.1) is 0 Å². The number of carbonyl (C=O) groups excluding carboxylic acids is 1. The molecule has 0 fully saturated rings. The molecule has 0 spiro atoms. The molecule has 0 saturated heterocycles. The summed E-state index contributed by atoms with van der Waals surface area (Å²) in [5.74, 6) is 0.0332. The summed E-state index contributed by atoms with van der Waals surface area (Å²) in [7, 11) is -3.54. The molecule has 1 aromatic rings. The van der Waals surface area contributed by atoms with Gasteiger partial charge in [0.05, 0.1) is 11.5 Å². The van der Waals surface area contributed by atoms with Crippen LogP contribution in [-0.4, -0.2) is 45.2 Å². The quantitative estimate of drug-likeness (QED) is 0.602. The summed E-state index contributed by atoms with van der Waals surface area (Å²) in [5.41, 5.74) is 0. The number of aliphatic hydroxyl groups excluding tert-OH is 1. The van der Waals surface area contributed by atoms with Gasteiger partial charge < -0.3 is 15.2 Å². The van der Waals surface area contributed by atoms with Crippen LogP contribution < -0.4 is 14.8 Å². The monoisotopic (exact) mass is 330 g/mol. The Morgan fingerprint density at radius 1 is 1.32 bits per heavy atom. The van der Waals surface area contributed by atoms with Gasteiger partial charge in [-0.3, -0.25) is 4.79 Å². The van der Waals surface area contributed by atoms with Crippen molar-refractivity contribution in [2.45, 2.75) is 31.2 Å². The van der Waals surface area contributed by atoms with Gasteiger partial charge in [0.25, 0.3) is 5.91 Å². The van der Waals surface area contributed by atoms with Crippen LogP contribution in [0.1, 0.15) is 20.3 Å². The number of aliphatic hydroxyl groups is 1. The third kappa shape index (κ3) is 6.00. The Labute approximate surface area is 130 Å². The van der Waals surface area contributed by atoms with Crippen LogP contribution in [0.25, 0.3) is 0 Å².